The lowest BCUT2D eigenvalue weighted by Gasteiger charge is -2.07. The highest BCUT2D eigenvalue weighted by atomic mass is 35.5. The highest BCUT2D eigenvalue weighted by Crippen LogP contribution is 2.21. The molecule has 0 unspecified atom stereocenters. The molecule has 0 amide bonds. The molecule has 0 fully saturated rings. The molecule has 98 valence electrons. The summed E-state index contributed by atoms with van der Waals surface area (Å²) in [7, 11) is 0. The van der Waals surface area contributed by atoms with Gasteiger partial charge in [-0.3, -0.25) is 4.98 Å². The zero-order valence-corrected chi connectivity index (χ0v) is 12.2. The van der Waals surface area contributed by atoms with E-state index >= 15 is 0 Å². The number of fused-ring (bicyclic) bond motifs is 1. The van der Waals surface area contributed by atoms with E-state index in [1.54, 1.807) is 11.3 Å². The molecule has 3 rings (SSSR count). The number of thiazole rings is 1. The van der Waals surface area contributed by atoms with Crippen LogP contribution in [-0.2, 0) is 13.0 Å². The van der Waals surface area contributed by atoms with Gasteiger partial charge in [0.2, 0.25) is 0 Å². The third-order valence-corrected chi connectivity index (χ3v) is 4.05. The zero-order valence-electron chi connectivity index (χ0n) is 10.6. The van der Waals surface area contributed by atoms with Crippen molar-refractivity contribution < 1.29 is 0 Å². The minimum atomic E-state index is 0.588. The highest BCUT2D eigenvalue weighted by molar-refractivity contribution is 7.09. The van der Waals surface area contributed by atoms with Crippen LogP contribution in [0.4, 0.5) is 0 Å². The van der Waals surface area contributed by atoms with Gasteiger partial charge in [0.1, 0.15) is 5.82 Å². The number of nitrogens with zero attached hydrogens (tertiary/aromatic N) is 3. The van der Waals surface area contributed by atoms with E-state index < -0.39 is 0 Å². The Kier molecular flexibility index (Phi) is 3.53. The molecule has 3 nitrogen and oxygen atoms in total. The van der Waals surface area contributed by atoms with Crippen molar-refractivity contribution >= 4 is 34.0 Å². The van der Waals surface area contributed by atoms with Crippen LogP contribution < -0.4 is 0 Å². The standard InChI is InChI=1S/C14H14ClN3S/c1-10-2-3-12-13(6-10)18(14(17-12)4-5-15)8-11-7-16-9-19-11/h2-3,6-7,9H,4-5,8H2,1H3. The molecule has 2 aromatic heterocycles. The summed E-state index contributed by atoms with van der Waals surface area (Å²) in [4.78, 5) is 10.1. The molecule has 19 heavy (non-hydrogen) atoms. The van der Waals surface area contributed by atoms with Gasteiger partial charge in [-0.05, 0) is 24.6 Å². The molecule has 0 N–H and O–H groups in total. The predicted octanol–water partition coefficient (Wildman–Crippen LogP) is 3.63. The average molecular weight is 292 g/mol. The second-order valence-electron chi connectivity index (χ2n) is 4.51. The van der Waals surface area contributed by atoms with Gasteiger partial charge in [-0.15, -0.1) is 22.9 Å². The van der Waals surface area contributed by atoms with Crippen LogP contribution in [0.15, 0.2) is 29.9 Å². The SMILES string of the molecule is Cc1ccc2nc(CCCl)n(Cc3cncs3)c2c1. The van der Waals surface area contributed by atoms with Gasteiger partial charge in [0.15, 0.2) is 0 Å². The van der Waals surface area contributed by atoms with Crippen LogP contribution in [0, 0.1) is 6.92 Å². The van der Waals surface area contributed by atoms with Gasteiger partial charge in [-0.2, -0.15) is 0 Å². The molecule has 0 aliphatic rings. The quantitative estimate of drug-likeness (QED) is 0.687. The van der Waals surface area contributed by atoms with Crippen molar-refractivity contribution in [1.82, 2.24) is 14.5 Å². The fraction of sp³-hybridized carbons (Fsp3) is 0.286. The van der Waals surface area contributed by atoms with Crippen molar-refractivity contribution in [3.8, 4) is 0 Å². The summed E-state index contributed by atoms with van der Waals surface area (Å²) in [5, 5.41) is 0. The molecule has 0 aliphatic carbocycles. The Hall–Kier alpha value is -1.39. The first-order valence-corrected chi connectivity index (χ1v) is 7.58. The minimum Gasteiger partial charge on any atom is -0.323 e. The Morgan fingerprint density at radius 3 is 3.00 bits per heavy atom. The smallest absolute Gasteiger partial charge is 0.111 e. The van der Waals surface area contributed by atoms with E-state index in [4.69, 9.17) is 11.6 Å². The third-order valence-electron chi connectivity index (χ3n) is 3.10. The van der Waals surface area contributed by atoms with Crippen LogP contribution in [0.25, 0.3) is 11.0 Å². The van der Waals surface area contributed by atoms with Gasteiger partial charge < -0.3 is 4.57 Å². The fourth-order valence-electron chi connectivity index (χ4n) is 2.21. The molecule has 0 spiro atoms. The van der Waals surface area contributed by atoms with Gasteiger partial charge in [0.05, 0.1) is 23.1 Å². The Labute approximate surface area is 120 Å². The third kappa shape index (κ3) is 2.51. The Morgan fingerprint density at radius 1 is 1.37 bits per heavy atom. The number of halogens is 1. The minimum absolute atomic E-state index is 0.588. The van der Waals surface area contributed by atoms with E-state index in [1.807, 2.05) is 11.7 Å². The molecule has 2 heterocycles. The van der Waals surface area contributed by atoms with E-state index in [9.17, 15) is 0 Å². The summed E-state index contributed by atoms with van der Waals surface area (Å²) in [6.45, 7) is 2.92. The number of aryl methyl sites for hydroxylation is 2. The number of imidazole rings is 1. The number of benzene rings is 1. The van der Waals surface area contributed by atoms with Crippen LogP contribution in [-0.4, -0.2) is 20.4 Å². The predicted molar refractivity (Wildman–Crippen MR) is 80.1 cm³/mol. The molecule has 0 saturated heterocycles. The second-order valence-corrected chi connectivity index (χ2v) is 5.86. The maximum Gasteiger partial charge on any atom is 0.111 e. The van der Waals surface area contributed by atoms with E-state index in [-0.39, 0.29) is 0 Å². The van der Waals surface area contributed by atoms with Gasteiger partial charge in [0, 0.05) is 23.4 Å². The molecule has 3 aromatic rings. The van der Waals surface area contributed by atoms with Crippen molar-refractivity contribution in [2.45, 2.75) is 19.9 Å². The van der Waals surface area contributed by atoms with E-state index in [2.05, 4.69) is 39.7 Å². The first-order valence-electron chi connectivity index (χ1n) is 6.17. The van der Waals surface area contributed by atoms with Crippen molar-refractivity contribution in [3.05, 3.63) is 46.2 Å². The summed E-state index contributed by atoms with van der Waals surface area (Å²) >= 11 is 7.55. The highest BCUT2D eigenvalue weighted by Gasteiger charge is 2.11. The number of aromatic nitrogens is 3. The van der Waals surface area contributed by atoms with E-state index in [0.29, 0.717) is 5.88 Å². The zero-order chi connectivity index (χ0) is 13.2. The Balaban J connectivity index is 2.12. The largest absolute Gasteiger partial charge is 0.323 e. The number of hydrogen-bond donors (Lipinski definition) is 0. The Bertz CT molecular complexity index is 688. The lowest BCUT2D eigenvalue weighted by Crippen LogP contribution is -2.05. The summed E-state index contributed by atoms with van der Waals surface area (Å²) < 4.78 is 2.25. The molecular formula is C14H14ClN3S. The van der Waals surface area contributed by atoms with Crippen LogP contribution in [0.5, 0.6) is 0 Å². The molecule has 0 radical (unpaired) electrons. The number of rotatable bonds is 4. The molecule has 0 saturated carbocycles. The van der Waals surface area contributed by atoms with Crippen molar-refractivity contribution in [1.29, 1.82) is 0 Å². The molecule has 5 heteroatoms. The molecule has 0 atom stereocenters. The van der Waals surface area contributed by atoms with Crippen molar-refractivity contribution in [2.24, 2.45) is 0 Å². The summed E-state index contributed by atoms with van der Waals surface area (Å²) in [5.41, 5.74) is 5.32. The van der Waals surface area contributed by atoms with E-state index in [0.717, 1.165) is 24.3 Å². The molecule has 0 aliphatic heterocycles. The fourth-order valence-corrected chi connectivity index (χ4v) is 2.96. The second kappa shape index (κ2) is 5.31. The summed E-state index contributed by atoms with van der Waals surface area (Å²) in [5.74, 6) is 1.63. The van der Waals surface area contributed by atoms with Gasteiger partial charge in [-0.1, -0.05) is 6.07 Å². The van der Waals surface area contributed by atoms with Gasteiger partial charge >= 0.3 is 0 Å². The van der Waals surface area contributed by atoms with E-state index in [1.165, 1.54) is 16.0 Å². The van der Waals surface area contributed by atoms with Crippen molar-refractivity contribution in [3.63, 3.8) is 0 Å². The summed E-state index contributed by atoms with van der Waals surface area (Å²) in [6, 6.07) is 6.35. The molecule has 1 aromatic carbocycles. The van der Waals surface area contributed by atoms with Crippen LogP contribution in [0.1, 0.15) is 16.3 Å². The van der Waals surface area contributed by atoms with Gasteiger partial charge in [-0.25, -0.2) is 4.98 Å². The Morgan fingerprint density at radius 2 is 2.26 bits per heavy atom. The van der Waals surface area contributed by atoms with Crippen molar-refractivity contribution in [2.75, 3.05) is 5.88 Å². The number of hydrogen-bond acceptors (Lipinski definition) is 3. The lowest BCUT2D eigenvalue weighted by molar-refractivity contribution is 0.762. The monoisotopic (exact) mass is 291 g/mol. The average Bonchev–Trinajstić information content (AvgIpc) is 3.00. The van der Waals surface area contributed by atoms with Crippen LogP contribution in [0.3, 0.4) is 0 Å². The number of alkyl halides is 1. The normalized spacial score (nSPS) is 11.3. The first kappa shape index (κ1) is 12.6. The molecular weight excluding hydrogens is 278 g/mol. The maximum atomic E-state index is 5.89. The first-order chi connectivity index (χ1) is 9.28. The maximum absolute atomic E-state index is 5.89. The molecule has 0 bridgehead atoms. The lowest BCUT2D eigenvalue weighted by atomic mass is 10.2. The van der Waals surface area contributed by atoms with Gasteiger partial charge in [0.25, 0.3) is 0 Å². The summed E-state index contributed by atoms with van der Waals surface area (Å²) in [6.07, 6.45) is 2.70. The van der Waals surface area contributed by atoms with Crippen LogP contribution >= 0.6 is 22.9 Å². The van der Waals surface area contributed by atoms with Crippen LogP contribution in [0.2, 0.25) is 0 Å². The topological polar surface area (TPSA) is 30.7 Å².